The topological polar surface area (TPSA) is 69.1 Å². The average molecular weight is 412 g/mol. The molecule has 0 aliphatic carbocycles. The minimum Gasteiger partial charge on any atom is -0.300 e. The fourth-order valence-electron chi connectivity index (χ4n) is 3.06. The van der Waals surface area contributed by atoms with Crippen LogP contribution in [0.3, 0.4) is 0 Å². The minimum atomic E-state index is -2.00. The molecular formula is C22H26FN5S. The van der Waals surface area contributed by atoms with Gasteiger partial charge in [0, 0.05) is 24.3 Å². The maximum Gasteiger partial charge on any atom is 0.153 e. The molecule has 0 bridgehead atoms. The highest BCUT2D eigenvalue weighted by molar-refractivity contribution is 8.26. The first-order valence-corrected chi connectivity index (χ1v) is 11.2. The van der Waals surface area contributed by atoms with Gasteiger partial charge in [-0.25, -0.2) is 14.1 Å². The molecule has 0 radical (unpaired) electrons. The number of halogens is 1. The zero-order chi connectivity index (χ0) is 21.2. The molecule has 1 heterocycles. The Morgan fingerprint density at radius 3 is 2.59 bits per heavy atom. The summed E-state index contributed by atoms with van der Waals surface area (Å²) in [6.45, 7) is 8.12. The second-order valence-corrected chi connectivity index (χ2v) is 9.58. The van der Waals surface area contributed by atoms with Crippen molar-refractivity contribution in [3.8, 4) is 5.69 Å². The molecule has 0 amide bonds. The molecule has 1 aromatic heterocycles. The highest BCUT2D eigenvalue weighted by Gasteiger charge is 2.17. The zero-order valence-corrected chi connectivity index (χ0v) is 17.7. The first kappa shape index (κ1) is 21.0. The third kappa shape index (κ3) is 4.81. The third-order valence-electron chi connectivity index (χ3n) is 4.68. The van der Waals surface area contributed by atoms with E-state index in [0.29, 0.717) is 41.6 Å². The van der Waals surface area contributed by atoms with Gasteiger partial charge in [-0.2, -0.15) is 5.10 Å². The number of aliphatic imine (C=N–C) groups is 1. The van der Waals surface area contributed by atoms with Crippen LogP contribution in [0.4, 0.5) is 4.39 Å². The van der Waals surface area contributed by atoms with E-state index in [1.54, 1.807) is 16.8 Å². The smallest absolute Gasteiger partial charge is 0.153 e. The fraction of sp³-hybridized carbons (Fsp3) is 0.227. The summed E-state index contributed by atoms with van der Waals surface area (Å²) in [5.41, 5.74) is 3.77. The van der Waals surface area contributed by atoms with E-state index in [2.05, 4.69) is 58.7 Å². The van der Waals surface area contributed by atoms with Crippen LogP contribution in [0, 0.1) is 19.7 Å². The van der Waals surface area contributed by atoms with Crippen molar-refractivity contribution in [3.05, 3.63) is 70.6 Å². The number of aryl methyl sites for hydroxylation is 2. The van der Waals surface area contributed by atoms with E-state index in [1.165, 1.54) is 6.07 Å². The lowest BCUT2D eigenvalue weighted by atomic mass is 10.0. The molecule has 152 valence electrons. The van der Waals surface area contributed by atoms with E-state index in [1.807, 2.05) is 6.92 Å². The Kier molecular flexibility index (Phi) is 6.00. The lowest BCUT2D eigenvalue weighted by Gasteiger charge is -2.12. The van der Waals surface area contributed by atoms with E-state index in [0.717, 1.165) is 16.7 Å². The van der Waals surface area contributed by atoms with Crippen molar-refractivity contribution < 1.29 is 4.39 Å². The molecule has 0 unspecified atom stereocenters. The van der Waals surface area contributed by atoms with Crippen LogP contribution in [0.1, 0.15) is 28.3 Å². The summed E-state index contributed by atoms with van der Waals surface area (Å²) in [5.74, 6) is 8.53. The van der Waals surface area contributed by atoms with E-state index in [-0.39, 0.29) is 0 Å². The monoisotopic (exact) mass is 411 g/mol. The van der Waals surface area contributed by atoms with Crippen molar-refractivity contribution in [3.63, 3.8) is 0 Å². The highest BCUT2D eigenvalue weighted by atomic mass is 32.2. The molecule has 0 aliphatic rings. The van der Waals surface area contributed by atoms with Crippen molar-refractivity contribution in [2.24, 2.45) is 10.1 Å². The Morgan fingerprint density at radius 1 is 1.17 bits per heavy atom. The lowest BCUT2D eigenvalue weighted by Crippen LogP contribution is -2.07. The van der Waals surface area contributed by atoms with Crippen molar-refractivity contribution in [2.75, 3.05) is 6.54 Å². The first-order valence-electron chi connectivity index (χ1n) is 9.19. The Balaban J connectivity index is 2.09. The Morgan fingerprint density at radius 2 is 1.93 bits per heavy atom. The van der Waals surface area contributed by atoms with Crippen molar-refractivity contribution in [2.45, 2.75) is 31.6 Å². The van der Waals surface area contributed by atoms with Gasteiger partial charge in [-0.1, -0.05) is 35.5 Å². The normalized spacial score (nSPS) is 11.6. The Labute approximate surface area is 171 Å². The summed E-state index contributed by atoms with van der Waals surface area (Å²) in [5, 5.41) is 10.5. The van der Waals surface area contributed by atoms with Crippen molar-refractivity contribution in [1.29, 1.82) is 0 Å². The summed E-state index contributed by atoms with van der Waals surface area (Å²) in [7, 11) is -2.00. The van der Waals surface area contributed by atoms with Gasteiger partial charge in [-0.3, -0.25) is 5.14 Å². The van der Waals surface area contributed by atoms with Crippen LogP contribution in [0.15, 0.2) is 46.3 Å². The number of nitrogens with zero attached hydrogens (tertiary/aromatic N) is 4. The summed E-state index contributed by atoms with van der Waals surface area (Å²) >= 11 is 0. The number of benzene rings is 2. The molecule has 0 aliphatic heterocycles. The SMILES string of the molecule is C=NCCc1nc(Cc2cc(C)ccc2C)n(-c2ccc(S(=C)(=C)N)cc2F)n1. The Bertz CT molecular complexity index is 1160. The molecule has 5 nitrogen and oxygen atoms in total. The maximum absolute atomic E-state index is 15.0. The standard InChI is InChI=1S/C22H26FN5S/c1-15-6-7-16(2)17(12-15)13-22-26-21(10-11-25-3)27-28(22)20-9-8-18(14-19(20)23)29(4,5)24/h6-9,12,14H,3-5,10-11,13,24H2,1-2H3. The highest BCUT2D eigenvalue weighted by Crippen LogP contribution is 2.27. The molecule has 0 spiro atoms. The fourth-order valence-corrected chi connectivity index (χ4v) is 3.73. The summed E-state index contributed by atoms with van der Waals surface area (Å²) in [6, 6.07) is 11.1. The molecule has 7 heteroatoms. The number of hydrogen-bond donors (Lipinski definition) is 1. The molecule has 29 heavy (non-hydrogen) atoms. The van der Waals surface area contributed by atoms with Gasteiger partial charge in [0.1, 0.15) is 17.3 Å². The van der Waals surface area contributed by atoms with Crippen LogP contribution in [-0.2, 0) is 12.8 Å². The third-order valence-corrected chi connectivity index (χ3v) is 5.87. The lowest BCUT2D eigenvalue weighted by molar-refractivity contribution is 0.602. The zero-order valence-electron chi connectivity index (χ0n) is 16.9. The number of rotatable bonds is 7. The summed E-state index contributed by atoms with van der Waals surface area (Å²) in [4.78, 5) is 9.11. The van der Waals surface area contributed by atoms with Gasteiger partial charge >= 0.3 is 0 Å². The largest absolute Gasteiger partial charge is 0.300 e. The van der Waals surface area contributed by atoms with Gasteiger partial charge in [0.25, 0.3) is 0 Å². The molecule has 2 N–H and O–H groups in total. The van der Waals surface area contributed by atoms with E-state index >= 15 is 0 Å². The molecule has 3 aromatic rings. The second kappa shape index (κ2) is 8.31. The Hall–Kier alpha value is -2.77. The van der Waals surface area contributed by atoms with Gasteiger partial charge < -0.3 is 4.99 Å². The molecule has 0 fully saturated rings. The van der Waals surface area contributed by atoms with E-state index < -0.39 is 15.2 Å². The molecular weight excluding hydrogens is 385 g/mol. The van der Waals surface area contributed by atoms with Crippen molar-refractivity contribution >= 4 is 27.9 Å². The molecule has 0 saturated heterocycles. The maximum atomic E-state index is 15.0. The number of nitrogens with two attached hydrogens (primary N) is 1. The van der Waals surface area contributed by atoms with Crippen LogP contribution in [0.2, 0.25) is 0 Å². The predicted molar refractivity (Wildman–Crippen MR) is 122 cm³/mol. The number of hydrogen-bond acceptors (Lipinski definition) is 4. The summed E-state index contributed by atoms with van der Waals surface area (Å²) in [6.07, 6.45) is 1.09. The predicted octanol–water partition coefficient (Wildman–Crippen LogP) is 3.76. The van der Waals surface area contributed by atoms with Gasteiger partial charge in [-0.15, -0.1) is 9.39 Å². The second-order valence-electron chi connectivity index (χ2n) is 7.22. The number of aromatic nitrogens is 3. The molecule has 0 atom stereocenters. The first-order chi connectivity index (χ1) is 13.7. The van der Waals surface area contributed by atoms with Crippen molar-refractivity contribution in [1.82, 2.24) is 14.8 Å². The van der Waals surface area contributed by atoms with Gasteiger partial charge in [0.05, 0.1) is 0 Å². The van der Waals surface area contributed by atoms with E-state index in [4.69, 9.17) is 5.14 Å². The molecule has 0 saturated carbocycles. The quantitative estimate of drug-likeness (QED) is 0.475. The molecule has 2 aromatic carbocycles. The van der Waals surface area contributed by atoms with E-state index in [9.17, 15) is 4.39 Å². The van der Waals surface area contributed by atoms with Crippen LogP contribution >= 0.6 is 9.39 Å². The van der Waals surface area contributed by atoms with Crippen LogP contribution < -0.4 is 5.14 Å². The van der Waals surface area contributed by atoms with Crippen LogP contribution in [0.5, 0.6) is 0 Å². The average Bonchev–Trinajstić information content (AvgIpc) is 3.04. The van der Waals surface area contributed by atoms with Crippen LogP contribution in [0.25, 0.3) is 5.69 Å². The van der Waals surface area contributed by atoms with Gasteiger partial charge in [-0.05, 0) is 49.9 Å². The molecule has 3 rings (SSSR count). The minimum absolute atomic E-state index is 0.322. The van der Waals surface area contributed by atoms with Gasteiger partial charge in [0.2, 0.25) is 0 Å². The van der Waals surface area contributed by atoms with Crippen LogP contribution in [-0.4, -0.2) is 39.8 Å². The van der Waals surface area contributed by atoms with Gasteiger partial charge in [0.15, 0.2) is 5.82 Å². The summed E-state index contributed by atoms with van der Waals surface area (Å²) < 4.78 is 16.5.